The molecule has 0 atom stereocenters. The van der Waals surface area contributed by atoms with Gasteiger partial charge in [-0.05, 0) is 42.5 Å². The molecule has 2 aliphatic rings. The highest BCUT2D eigenvalue weighted by Gasteiger charge is 2.31. The average molecular weight is 512 g/mol. The zero-order chi connectivity index (χ0) is 25.2. The number of carbonyl (C=O) groups is 1. The lowest BCUT2D eigenvalue weighted by molar-refractivity contribution is -0.137. The van der Waals surface area contributed by atoms with Crippen LogP contribution in [0.15, 0.2) is 47.4 Å². The van der Waals surface area contributed by atoms with Crippen molar-refractivity contribution < 1.29 is 31.1 Å². The zero-order valence-corrected chi connectivity index (χ0v) is 20.2. The van der Waals surface area contributed by atoms with Crippen molar-refractivity contribution in [2.45, 2.75) is 18.0 Å². The van der Waals surface area contributed by atoms with Gasteiger partial charge in [0.2, 0.25) is 0 Å². The fraction of sp³-hybridized carbons (Fsp3) is 0.458. The van der Waals surface area contributed by atoms with Crippen LogP contribution in [0.5, 0.6) is 0 Å². The summed E-state index contributed by atoms with van der Waals surface area (Å²) in [5.41, 5.74) is 0.977. The summed E-state index contributed by atoms with van der Waals surface area (Å²) in [4.78, 5) is 19.3. The van der Waals surface area contributed by atoms with E-state index >= 15 is 0 Å². The number of halogens is 3. The minimum absolute atomic E-state index is 0.0661. The Morgan fingerprint density at radius 1 is 0.914 bits per heavy atom. The molecule has 0 bridgehead atoms. The van der Waals surface area contributed by atoms with E-state index in [1.54, 1.807) is 24.0 Å². The van der Waals surface area contributed by atoms with Crippen LogP contribution in [-0.2, 0) is 20.8 Å². The van der Waals surface area contributed by atoms with Crippen LogP contribution in [0.2, 0.25) is 0 Å². The van der Waals surface area contributed by atoms with E-state index in [1.165, 1.54) is 18.2 Å². The molecule has 35 heavy (non-hydrogen) atoms. The van der Waals surface area contributed by atoms with Gasteiger partial charge in [0.05, 0.1) is 35.0 Å². The lowest BCUT2D eigenvalue weighted by atomic mass is 10.1. The van der Waals surface area contributed by atoms with E-state index in [0.29, 0.717) is 69.4 Å². The molecule has 2 aromatic carbocycles. The van der Waals surface area contributed by atoms with Crippen molar-refractivity contribution >= 4 is 27.1 Å². The van der Waals surface area contributed by atoms with E-state index in [2.05, 4.69) is 0 Å². The number of amides is 1. The molecule has 0 radical (unpaired) electrons. The summed E-state index contributed by atoms with van der Waals surface area (Å²) in [6.07, 6.45) is -4.39. The largest absolute Gasteiger partial charge is 0.416 e. The monoisotopic (exact) mass is 511 g/mol. The molecule has 2 saturated heterocycles. The van der Waals surface area contributed by atoms with Gasteiger partial charge in [-0.1, -0.05) is 6.92 Å². The Morgan fingerprint density at radius 2 is 1.54 bits per heavy atom. The van der Waals surface area contributed by atoms with Gasteiger partial charge < -0.3 is 19.4 Å². The lowest BCUT2D eigenvalue weighted by Gasteiger charge is -2.37. The number of piperazine rings is 1. The van der Waals surface area contributed by atoms with Gasteiger partial charge in [0.25, 0.3) is 5.91 Å². The van der Waals surface area contributed by atoms with Crippen molar-refractivity contribution in [1.82, 2.24) is 4.90 Å². The minimum atomic E-state index is -4.39. The third kappa shape index (κ3) is 5.56. The number of alkyl halides is 3. The molecular weight excluding hydrogens is 483 g/mol. The number of benzene rings is 2. The highest BCUT2D eigenvalue weighted by molar-refractivity contribution is 7.91. The second-order valence-electron chi connectivity index (χ2n) is 8.51. The summed E-state index contributed by atoms with van der Waals surface area (Å²) in [5, 5.41) is 0. The summed E-state index contributed by atoms with van der Waals surface area (Å²) in [7, 11) is -3.49. The fourth-order valence-corrected chi connectivity index (χ4v) is 5.23. The van der Waals surface area contributed by atoms with Crippen LogP contribution < -0.4 is 9.80 Å². The van der Waals surface area contributed by atoms with Crippen molar-refractivity contribution in [2.75, 3.05) is 68.0 Å². The molecule has 2 heterocycles. The predicted octanol–water partition coefficient (Wildman–Crippen LogP) is 3.30. The smallest absolute Gasteiger partial charge is 0.378 e. The van der Waals surface area contributed by atoms with Crippen molar-refractivity contribution in [3.63, 3.8) is 0 Å². The molecule has 4 rings (SSSR count). The molecule has 0 saturated carbocycles. The predicted molar refractivity (Wildman–Crippen MR) is 127 cm³/mol. The Balaban J connectivity index is 1.53. The van der Waals surface area contributed by atoms with Gasteiger partial charge in [-0.25, -0.2) is 8.42 Å². The first-order valence-electron chi connectivity index (χ1n) is 11.5. The fourth-order valence-electron chi connectivity index (χ4n) is 4.33. The number of rotatable bonds is 5. The van der Waals surface area contributed by atoms with Crippen LogP contribution in [-0.4, -0.2) is 77.5 Å². The van der Waals surface area contributed by atoms with Crippen molar-refractivity contribution in [1.29, 1.82) is 0 Å². The molecule has 2 aliphatic heterocycles. The highest BCUT2D eigenvalue weighted by Crippen LogP contribution is 2.31. The molecule has 0 N–H and O–H groups in total. The number of morpholine rings is 1. The first-order chi connectivity index (χ1) is 16.6. The number of carbonyl (C=O) groups excluding carboxylic acids is 1. The number of anilines is 2. The number of ether oxygens (including phenoxy) is 1. The Hall–Kier alpha value is -2.79. The maximum absolute atomic E-state index is 13.6. The van der Waals surface area contributed by atoms with Crippen molar-refractivity contribution in [2.24, 2.45) is 0 Å². The quantitative estimate of drug-likeness (QED) is 0.614. The van der Waals surface area contributed by atoms with Crippen molar-refractivity contribution in [3.8, 4) is 0 Å². The molecule has 0 spiro atoms. The first-order valence-corrected chi connectivity index (χ1v) is 13.2. The molecule has 2 aromatic rings. The van der Waals surface area contributed by atoms with Gasteiger partial charge in [-0.15, -0.1) is 0 Å². The van der Waals surface area contributed by atoms with E-state index in [9.17, 15) is 26.4 Å². The minimum Gasteiger partial charge on any atom is -0.378 e. The van der Waals surface area contributed by atoms with Crippen LogP contribution in [0.4, 0.5) is 24.5 Å². The van der Waals surface area contributed by atoms with Gasteiger partial charge in [0, 0.05) is 50.6 Å². The molecule has 0 unspecified atom stereocenters. The number of sulfone groups is 1. The van der Waals surface area contributed by atoms with E-state index < -0.39 is 21.6 Å². The standard InChI is InChI=1S/C24H28F3N3O4S/c1-2-35(32,33)20-7-8-22(29-13-15-34-16-14-29)21(17-20)23(31)30-11-9-28(10-12-30)19-5-3-18(4-6-19)24(25,26)27/h3-8,17H,2,9-16H2,1H3. The summed E-state index contributed by atoms with van der Waals surface area (Å²) < 4.78 is 68.9. The van der Waals surface area contributed by atoms with E-state index in [1.807, 2.05) is 9.80 Å². The second-order valence-corrected chi connectivity index (χ2v) is 10.8. The molecule has 2 fully saturated rings. The summed E-state index contributed by atoms with van der Waals surface area (Å²) >= 11 is 0. The van der Waals surface area contributed by atoms with Gasteiger partial charge >= 0.3 is 6.18 Å². The van der Waals surface area contributed by atoms with Crippen LogP contribution in [0.3, 0.4) is 0 Å². The van der Waals surface area contributed by atoms with Crippen LogP contribution in [0.25, 0.3) is 0 Å². The Kier molecular flexibility index (Phi) is 7.27. The Bertz CT molecular complexity index is 1160. The maximum Gasteiger partial charge on any atom is 0.416 e. The Labute approximate surface area is 203 Å². The van der Waals surface area contributed by atoms with Crippen LogP contribution >= 0.6 is 0 Å². The topological polar surface area (TPSA) is 70.2 Å². The Morgan fingerprint density at radius 3 is 2.11 bits per heavy atom. The molecule has 1 amide bonds. The second kappa shape index (κ2) is 10.1. The van der Waals surface area contributed by atoms with Gasteiger partial charge in [-0.2, -0.15) is 13.2 Å². The van der Waals surface area contributed by atoms with E-state index in [0.717, 1.165) is 12.1 Å². The summed E-state index contributed by atoms with van der Waals surface area (Å²) in [6, 6.07) is 9.70. The van der Waals surface area contributed by atoms with Crippen LogP contribution in [0, 0.1) is 0 Å². The normalized spacial score (nSPS) is 17.5. The molecule has 190 valence electrons. The highest BCUT2D eigenvalue weighted by atomic mass is 32.2. The van der Waals surface area contributed by atoms with Gasteiger partial charge in [0.15, 0.2) is 9.84 Å². The lowest BCUT2D eigenvalue weighted by Crippen LogP contribution is -2.49. The SMILES string of the molecule is CCS(=O)(=O)c1ccc(N2CCOCC2)c(C(=O)N2CCN(c3ccc(C(F)(F)F)cc3)CC2)c1. The summed E-state index contributed by atoms with van der Waals surface area (Å²) in [6.45, 7) is 5.45. The van der Waals surface area contributed by atoms with E-state index in [4.69, 9.17) is 4.74 Å². The number of hydrogen-bond donors (Lipinski definition) is 0. The van der Waals surface area contributed by atoms with Crippen molar-refractivity contribution in [3.05, 3.63) is 53.6 Å². The van der Waals surface area contributed by atoms with Crippen LogP contribution in [0.1, 0.15) is 22.8 Å². The van der Waals surface area contributed by atoms with E-state index in [-0.39, 0.29) is 16.6 Å². The van der Waals surface area contributed by atoms with Gasteiger partial charge in [-0.3, -0.25) is 4.79 Å². The molecule has 11 heteroatoms. The average Bonchev–Trinajstić information content (AvgIpc) is 2.88. The molecule has 7 nitrogen and oxygen atoms in total. The molecule has 0 aliphatic carbocycles. The third-order valence-corrected chi connectivity index (χ3v) is 8.15. The number of nitrogens with zero attached hydrogens (tertiary/aromatic N) is 3. The number of hydrogen-bond acceptors (Lipinski definition) is 6. The summed E-state index contributed by atoms with van der Waals surface area (Å²) in [5.74, 6) is -0.324. The third-order valence-electron chi connectivity index (χ3n) is 6.42. The maximum atomic E-state index is 13.6. The molecule has 0 aromatic heterocycles. The zero-order valence-electron chi connectivity index (χ0n) is 19.4. The van der Waals surface area contributed by atoms with Gasteiger partial charge in [0.1, 0.15) is 0 Å². The molecular formula is C24H28F3N3O4S. The first kappa shape index (κ1) is 25.3.